The van der Waals surface area contributed by atoms with Crippen molar-refractivity contribution in [3.05, 3.63) is 46.0 Å². The molecule has 0 atom stereocenters. The number of fused-ring (bicyclic) bond motifs is 1. The van der Waals surface area contributed by atoms with E-state index in [1.54, 1.807) is 0 Å². The summed E-state index contributed by atoms with van der Waals surface area (Å²) in [4.78, 5) is 18.9. The van der Waals surface area contributed by atoms with Crippen molar-refractivity contribution in [3.63, 3.8) is 0 Å². The van der Waals surface area contributed by atoms with E-state index in [9.17, 15) is 4.79 Å². The number of ether oxygens (including phenoxy) is 1. The second-order valence-corrected chi connectivity index (χ2v) is 4.73. The highest BCUT2D eigenvalue weighted by Crippen LogP contribution is 2.30. The van der Waals surface area contributed by atoms with Gasteiger partial charge in [-0.05, 0) is 30.2 Å². The molecule has 1 aromatic heterocycles. The number of nitrogens with zero attached hydrogens (tertiary/aromatic N) is 1. The lowest BCUT2D eigenvalue weighted by Gasteiger charge is -2.08. The van der Waals surface area contributed by atoms with E-state index in [1.807, 2.05) is 12.1 Å². The molecule has 0 fully saturated rings. The van der Waals surface area contributed by atoms with Crippen molar-refractivity contribution in [3.8, 4) is 17.0 Å². The molecule has 4 heteroatoms. The zero-order valence-electron chi connectivity index (χ0n) is 10.9. The van der Waals surface area contributed by atoms with Crippen LogP contribution < -0.4 is 10.3 Å². The van der Waals surface area contributed by atoms with Crippen LogP contribution in [0.15, 0.2) is 29.3 Å². The molecule has 0 amide bonds. The summed E-state index contributed by atoms with van der Waals surface area (Å²) in [6.07, 6.45) is 4.07. The monoisotopic (exact) mass is 256 g/mol. The summed E-state index contributed by atoms with van der Waals surface area (Å²) in [5.74, 6) is 0.950. The quantitative estimate of drug-likeness (QED) is 0.917. The van der Waals surface area contributed by atoms with Crippen LogP contribution in [-0.4, -0.2) is 16.6 Å². The first kappa shape index (κ1) is 12.0. The molecule has 19 heavy (non-hydrogen) atoms. The van der Waals surface area contributed by atoms with E-state index in [-0.39, 0.29) is 5.56 Å². The third-order valence-electron chi connectivity index (χ3n) is 3.41. The highest BCUT2D eigenvalue weighted by Gasteiger charge is 2.15. The van der Waals surface area contributed by atoms with Gasteiger partial charge in [-0.25, -0.2) is 4.98 Å². The highest BCUT2D eigenvalue weighted by molar-refractivity contribution is 5.65. The Morgan fingerprint density at radius 1 is 1.42 bits per heavy atom. The van der Waals surface area contributed by atoms with E-state index >= 15 is 0 Å². The number of hydrogen-bond acceptors (Lipinski definition) is 3. The molecule has 0 radical (unpaired) electrons. The number of hydrogen-bond donors (Lipinski definition) is 1. The van der Waals surface area contributed by atoms with Crippen LogP contribution >= 0.6 is 0 Å². The predicted octanol–water partition coefficient (Wildman–Crippen LogP) is 2.32. The molecule has 4 nitrogen and oxygen atoms in total. The Morgan fingerprint density at radius 3 is 3.16 bits per heavy atom. The van der Waals surface area contributed by atoms with Gasteiger partial charge in [-0.2, -0.15) is 0 Å². The number of aromatic nitrogens is 2. The van der Waals surface area contributed by atoms with Crippen molar-refractivity contribution in [2.24, 2.45) is 0 Å². The molecule has 3 rings (SSSR count). The number of H-pyrrole nitrogens is 1. The molecule has 1 aliphatic heterocycles. The zero-order valence-corrected chi connectivity index (χ0v) is 10.9. The minimum absolute atomic E-state index is 0.0383. The number of nitrogens with one attached hydrogen (secondary N) is 1. The fraction of sp³-hybridized carbons (Fsp3) is 0.333. The Hall–Kier alpha value is -2.10. The molecule has 2 aromatic rings. The van der Waals surface area contributed by atoms with Gasteiger partial charge in [0.2, 0.25) is 0 Å². The van der Waals surface area contributed by atoms with E-state index < -0.39 is 0 Å². The Morgan fingerprint density at radius 2 is 2.32 bits per heavy atom. The van der Waals surface area contributed by atoms with Gasteiger partial charge in [0.25, 0.3) is 5.56 Å². The maximum atomic E-state index is 11.9. The number of benzene rings is 1. The molecule has 0 aliphatic carbocycles. The molecule has 0 saturated heterocycles. The minimum atomic E-state index is -0.0383. The molecule has 0 saturated carbocycles. The molecule has 1 N–H and O–H groups in total. The van der Waals surface area contributed by atoms with Crippen LogP contribution in [0.1, 0.15) is 24.5 Å². The second kappa shape index (κ2) is 4.88. The first-order valence-corrected chi connectivity index (χ1v) is 6.62. The lowest BCUT2D eigenvalue weighted by Crippen LogP contribution is -2.14. The molecule has 0 spiro atoms. The summed E-state index contributed by atoms with van der Waals surface area (Å²) in [5, 5.41) is 0. The predicted molar refractivity (Wildman–Crippen MR) is 73.5 cm³/mol. The maximum absolute atomic E-state index is 11.9. The topological polar surface area (TPSA) is 55.0 Å². The summed E-state index contributed by atoms with van der Waals surface area (Å²) in [7, 11) is 0. The first-order valence-electron chi connectivity index (χ1n) is 6.62. The van der Waals surface area contributed by atoms with E-state index in [1.165, 1.54) is 11.9 Å². The van der Waals surface area contributed by atoms with Gasteiger partial charge in [-0.15, -0.1) is 0 Å². The molecule has 98 valence electrons. The van der Waals surface area contributed by atoms with Crippen molar-refractivity contribution in [1.29, 1.82) is 0 Å². The standard InChI is InChI=1S/C15H16N2O2/c1-2-3-12-14(16-9-17-15(12)18)11-4-5-13-10(8-11)6-7-19-13/h4-5,8-9H,2-3,6-7H2,1H3,(H,16,17,18). The van der Waals surface area contributed by atoms with Crippen LogP contribution in [0.5, 0.6) is 5.75 Å². The van der Waals surface area contributed by atoms with Crippen molar-refractivity contribution in [2.75, 3.05) is 6.61 Å². The van der Waals surface area contributed by atoms with Crippen molar-refractivity contribution < 1.29 is 4.74 Å². The highest BCUT2D eigenvalue weighted by atomic mass is 16.5. The molecular formula is C15H16N2O2. The SMILES string of the molecule is CCCc1c(-c2ccc3c(c2)CCO3)nc[nH]c1=O. The molecule has 1 aliphatic rings. The Bertz CT molecular complexity index is 661. The van der Waals surface area contributed by atoms with Crippen LogP contribution in [0.3, 0.4) is 0 Å². The fourth-order valence-electron chi connectivity index (χ4n) is 2.49. The molecule has 2 heterocycles. The van der Waals surface area contributed by atoms with Gasteiger partial charge in [0, 0.05) is 17.5 Å². The van der Waals surface area contributed by atoms with Gasteiger partial charge in [0.15, 0.2) is 0 Å². The second-order valence-electron chi connectivity index (χ2n) is 4.73. The summed E-state index contributed by atoms with van der Waals surface area (Å²) in [6.45, 7) is 2.80. The lowest BCUT2D eigenvalue weighted by atomic mass is 10.0. The molecule has 0 unspecified atom stereocenters. The Balaban J connectivity index is 2.11. The molecule has 1 aromatic carbocycles. The Labute approximate surface area is 111 Å². The average molecular weight is 256 g/mol. The molecular weight excluding hydrogens is 240 g/mol. The van der Waals surface area contributed by atoms with Crippen molar-refractivity contribution in [1.82, 2.24) is 9.97 Å². The summed E-state index contributed by atoms with van der Waals surface area (Å²) < 4.78 is 5.50. The number of rotatable bonds is 3. The third kappa shape index (κ3) is 2.14. The first-order chi connectivity index (χ1) is 9.29. The van der Waals surface area contributed by atoms with Crippen molar-refractivity contribution in [2.45, 2.75) is 26.2 Å². The van der Waals surface area contributed by atoms with E-state index in [4.69, 9.17) is 4.74 Å². The maximum Gasteiger partial charge on any atom is 0.254 e. The van der Waals surface area contributed by atoms with E-state index in [0.29, 0.717) is 0 Å². The van der Waals surface area contributed by atoms with E-state index in [2.05, 4.69) is 23.0 Å². The fourth-order valence-corrected chi connectivity index (χ4v) is 2.49. The van der Waals surface area contributed by atoms with Gasteiger partial charge in [-0.3, -0.25) is 4.79 Å². The van der Waals surface area contributed by atoms with Gasteiger partial charge < -0.3 is 9.72 Å². The van der Waals surface area contributed by atoms with Crippen LogP contribution in [0.4, 0.5) is 0 Å². The van der Waals surface area contributed by atoms with Gasteiger partial charge in [-0.1, -0.05) is 13.3 Å². The van der Waals surface area contributed by atoms with Crippen molar-refractivity contribution >= 4 is 0 Å². The summed E-state index contributed by atoms with van der Waals surface area (Å²) in [5.41, 5.74) is 3.72. The van der Waals surface area contributed by atoms with Gasteiger partial charge in [0.05, 0.1) is 18.6 Å². The summed E-state index contributed by atoms with van der Waals surface area (Å²) in [6, 6.07) is 6.03. The number of aromatic amines is 1. The molecule has 0 bridgehead atoms. The van der Waals surface area contributed by atoms with Crippen LogP contribution in [0.2, 0.25) is 0 Å². The van der Waals surface area contributed by atoms with Gasteiger partial charge >= 0.3 is 0 Å². The smallest absolute Gasteiger partial charge is 0.254 e. The minimum Gasteiger partial charge on any atom is -0.493 e. The summed E-state index contributed by atoms with van der Waals surface area (Å²) >= 11 is 0. The van der Waals surface area contributed by atoms with E-state index in [0.717, 1.165) is 48.4 Å². The van der Waals surface area contributed by atoms with Gasteiger partial charge in [0.1, 0.15) is 5.75 Å². The third-order valence-corrected chi connectivity index (χ3v) is 3.41. The average Bonchev–Trinajstić information content (AvgIpc) is 2.88. The normalized spacial score (nSPS) is 13.1. The Kier molecular flexibility index (Phi) is 3.07. The largest absolute Gasteiger partial charge is 0.493 e. The van der Waals surface area contributed by atoms with Crippen LogP contribution in [-0.2, 0) is 12.8 Å². The lowest BCUT2D eigenvalue weighted by molar-refractivity contribution is 0.357. The van der Waals surface area contributed by atoms with Crippen LogP contribution in [0.25, 0.3) is 11.3 Å². The zero-order chi connectivity index (χ0) is 13.2. The van der Waals surface area contributed by atoms with Crippen LogP contribution in [0, 0.1) is 0 Å².